The first kappa shape index (κ1) is 10.6. The first-order valence-electron chi connectivity index (χ1n) is 4.27. The standard InChI is InChI=1S/C9H17.Li/c1-2-6-9-7-4-3-5-8-9;/h7,9H,2-6,8H2,1H3;/q-1;+1. The van der Waals surface area contributed by atoms with Crippen LogP contribution in [0, 0.1) is 12.3 Å². The fraction of sp³-hybridized carbons (Fsp3) is 0.889. The van der Waals surface area contributed by atoms with Crippen LogP contribution >= 0.6 is 0 Å². The number of hydrogen-bond donors (Lipinski definition) is 0. The maximum atomic E-state index is 2.52. The van der Waals surface area contributed by atoms with E-state index >= 15 is 0 Å². The van der Waals surface area contributed by atoms with Crippen molar-refractivity contribution in [2.75, 3.05) is 0 Å². The molecule has 54 valence electrons. The van der Waals surface area contributed by atoms with Crippen LogP contribution in [0.3, 0.4) is 0 Å². The third kappa shape index (κ3) is 3.69. The molecule has 1 rings (SSSR count). The quantitative estimate of drug-likeness (QED) is 0.371. The summed E-state index contributed by atoms with van der Waals surface area (Å²) in [5.74, 6) is 0.976. The van der Waals surface area contributed by atoms with Gasteiger partial charge < -0.3 is 6.42 Å². The van der Waals surface area contributed by atoms with Crippen molar-refractivity contribution >= 4 is 0 Å². The van der Waals surface area contributed by atoms with Gasteiger partial charge >= 0.3 is 18.9 Å². The zero-order chi connectivity index (χ0) is 6.53. The second kappa shape index (κ2) is 6.32. The van der Waals surface area contributed by atoms with E-state index in [0.717, 1.165) is 5.92 Å². The molecule has 1 fully saturated rings. The average molecular weight is 132 g/mol. The molecular weight excluding hydrogens is 115 g/mol. The molecule has 0 aromatic rings. The molecule has 1 unspecified atom stereocenters. The largest absolute Gasteiger partial charge is 1.00 e. The van der Waals surface area contributed by atoms with Gasteiger partial charge in [-0.3, -0.25) is 0 Å². The Morgan fingerprint density at radius 1 is 1.40 bits per heavy atom. The molecule has 0 aromatic carbocycles. The predicted molar refractivity (Wildman–Crippen MR) is 41.2 cm³/mol. The van der Waals surface area contributed by atoms with Crippen molar-refractivity contribution < 1.29 is 18.9 Å². The molecule has 1 atom stereocenters. The van der Waals surface area contributed by atoms with Crippen LogP contribution in [-0.2, 0) is 0 Å². The summed E-state index contributed by atoms with van der Waals surface area (Å²) >= 11 is 0. The van der Waals surface area contributed by atoms with Gasteiger partial charge in [-0.2, -0.15) is 12.3 Å². The molecule has 1 heteroatoms. The normalized spacial score (nSPS) is 25.5. The second-order valence-electron chi connectivity index (χ2n) is 3.07. The van der Waals surface area contributed by atoms with E-state index in [9.17, 15) is 0 Å². The maximum absolute atomic E-state index is 2.52. The molecule has 0 aromatic heterocycles. The smallest absolute Gasteiger partial charge is 0.325 e. The molecule has 0 heterocycles. The van der Waals surface area contributed by atoms with E-state index in [1.807, 2.05) is 0 Å². The Hall–Kier alpha value is 0.597. The average Bonchev–Trinajstić information content (AvgIpc) is 1.91. The molecule has 0 amide bonds. The molecule has 0 saturated heterocycles. The Morgan fingerprint density at radius 3 is 2.70 bits per heavy atom. The van der Waals surface area contributed by atoms with Crippen LogP contribution < -0.4 is 18.9 Å². The fourth-order valence-electron chi connectivity index (χ4n) is 1.66. The molecule has 10 heavy (non-hydrogen) atoms. The van der Waals surface area contributed by atoms with Crippen molar-refractivity contribution in [1.29, 1.82) is 0 Å². The number of hydrogen-bond acceptors (Lipinski definition) is 0. The van der Waals surface area contributed by atoms with Gasteiger partial charge in [-0.15, -0.1) is 0 Å². The Kier molecular flexibility index (Phi) is 6.69. The van der Waals surface area contributed by atoms with Gasteiger partial charge in [0.1, 0.15) is 0 Å². The third-order valence-electron chi connectivity index (χ3n) is 2.19. The monoisotopic (exact) mass is 132 g/mol. The van der Waals surface area contributed by atoms with Crippen LogP contribution in [-0.4, -0.2) is 0 Å². The van der Waals surface area contributed by atoms with Crippen molar-refractivity contribution in [1.82, 2.24) is 0 Å². The first-order valence-corrected chi connectivity index (χ1v) is 4.27. The summed E-state index contributed by atoms with van der Waals surface area (Å²) in [6.45, 7) is 2.28. The zero-order valence-electron chi connectivity index (χ0n) is 7.40. The summed E-state index contributed by atoms with van der Waals surface area (Å²) in [6, 6.07) is 0. The summed E-state index contributed by atoms with van der Waals surface area (Å²) in [5, 5.41) is 0. The predicted octanol–water partition coefficient (Wildman–Crippen LogP) is 0.185. The Morgan fingerprint density at radius 2 is 2.20 bits per heavy atom. The number of rotatable bonds is 2. The van der Waals surface area contributed by atoms with Crippen LogP contribution in [0.15, 0.2) is 0 Å². The minimum atomic E-state index is 0. The SMILES string of the molecule is CCCC1[CH-]CCCC1.[Li+]. The van der Waals surface area contributed by atoms with Gasteiger partial charge in [0.15, 0.2) is 0 Å². The third-order valence-corrected chi connectivity index (χ3v) is 2.19. The van der Waals surface area contributed by atoms with E-state index < -0.39 is 0 Å². The molecule has 0 bridgehead atoms. The summed E-state index contributed by atoms with van der Waals surface area (Å²) < 4.78 is 0. The van der Waals surface area contributed by atoms with E-state index in [1.165, 1.54) is 38.5 Å². The Labute approximate surface area is 77.0 Å². The molecule has 0 nitrogen and oxygen atoms in total. The van der Waals surface area contributed by atoms with Gasteiger partial charge in [-0.25, -0.2) is 0 Å². The second-order valence-corrected chi connectivity index (χ2v) is 3.07. The van der Waals surface area contributed by atoms with Gasteiger partial charge in [0.2, 0.25) is 0 Å². The van der Waals surface area contributed by atoms with Crippen LogP contribution in [0.1, 0.15) is 45.4 Å². The zero-order valence-corrected chi connectivity index (χ0v) is 7.40. The van der Waals surface area contributed by atoms with Gasteiger partial charge in [0.05, 0.1) is 0 Å². The maximum Gasteiger partial charge on any atom is 1.00 e. The van der Waals surface area contributed by atoms with Crippen LogP contribution in [0.25, 0.3) is 0 Å². The van der Waals surface area contributed by atoms with Crippen LogP contribution in [0.5, 0.6) is 0 Å². The summed E-state index contributed by atoms with van der Waals surface area (Å²) in [4.78, 5) is 0. The topological polar surface area (TPSA) is 0 Å². The van der Waals surface area contributed by atoms with Crippen molar-refractivity contribution in [2.24, 2.45) is 5.92 Å². The first-order chi connectivity index (χ1) is 4.43. The van der Waals surface area contributed by atoms with Crippen molar-refractivity contribution in [3.63, 3.8) is 0 Å². The minimum Gasteiger partial charge on any atom is -0.325 e. The molecule has 1 saturated carbocycles. The Balaban J connectivity index is 0.000000810. The van der Waals surface area contributed by atoms with Gasteiger partial charge in [0, 0.05) is 0 Å². The van der Waals surface area contributed by atoms with E-state index in [4.69, 9.17) is 0 Å². The van der Waals surface area contributed by atoms with Crippen LogP contribution in [0.4, 0.5) is 0 Å². The van der Waals surface area contributed by atoms with Gasteiger partial charge in [-0.1, -0.05) is 39.0 Å². The van der Waals surface area contributed by atoms with Crippen LogP contribution in [0.2, 0.25) is 0 Å². The molecule has 1 aliphatic carbocycles. The van der Waals surface area contributed by atoms with E-state index in [-0.39, 0.29) is 18.9 Å². The van der Waals surface area contributed by atoms with E-state index in [1.54, 1.807) is 0 Å². The molecular formula is C9H17Li. The fourth-order valence-corrected chi connectivity index (χ4v) is 1.66. The summed E-state index contributed by atoms with van der Waals surface area (Å²) in [6.07, 6.45) is 11.1. The van der Waals surface area contributed by atoms with Crippen molar-refractivity contribution in [3.8, 4) is 0 Å². The summed E-state index contributed by atoms with van der Waals surface area (Å²) in [5.41, 5.74) is 0. The molecule has 0 aliphatic heterocycles. The Bertz CT molecular complexity index is 62.4. The molecule has 0 radical (unpaired) electrons. The van der Waals surface area contributed by atoms with Crippen molar-refractivity contribution in [2.45, 2.75) is 45.4 Å². The van der Waals surface area contributed by atoms with E-state index in [2.05, 4.69) is 13.3 Å². The van der Waals surface area contributed by atoms with Gasteiger partial charge in [-0.05, 0) is 0 Å². The van der Waals surface area contributed by atoms with E-state index in [0.29, 0.717) is 0 Å². The summed E-state index contributed by atoms with van der Waals surface area (Å²) in [7, 11) is 0. The van der Waals surface area contributed by atoms with Gasteiger partial charge in [0.25, 0.3) is 0 Å². The molecule has 0 spiro atoms. The van der Waals surface area contributed by atoms with Crippen molar-refractivity contribution in [3.05, 3.63) is 6.42 Å². The molecule has 0 N–H and O–H groups in total. The minimum absolute atomic E-state index is 0. The molecule has 1 aliphatic rings.